The predicted octanol–water partition coefficient (Wildman–Crippen LogP) is 1.68. The topological polar surface area (TPSA) is 80.5 Å². The fraction of sp³-hybridized carbons (Fsp3) is 0.462. The number of nitrogens with zero attached hydrogens (tertiary/aromatic N) is 1. The third-order valence-electron chi connectivity index (χ3n) is 3.52. The van der Waals surface area contributed by atoms with Gasteiger partial charge in [0.1, 0.15) is 6.04 Å². The van der Waals surface area contributed by atoms with Crippen LogP contribution in [-0.4, -0.2) is 31.2 Å². The molecule has 1 heterocycles. The van der Waals surface area contributed by atoms with Gasteiger partial charge < -0.3 is 5.73 Å². The third kappa shape index (κ3) is 2.82. The first-order chi connectivity index (χ1) is 9.34. The van der Waals surface area contributed by atoms with Gasteiger partial charge in [-0.25, -0.2) is 8.42 Å². The standard InChI is InChI=1S/C13H17ClN2O3S/c1-9-5-6-10(14)8-12(9)20(18,19)16-7-3-2-4-11(16)13(15)17/h5-6,8,11H,2-4,7H2,1H3,(H2,15,17). The quantitative estimate of drug-likeness (QED) is 0.921. The number of benzene rings is 1. The number of primary amides is 1. The van der Waals surface area contributed by atoms with E-state index < -0.39 is 22.0 Å². The van der Waals surface area contributed by atoms with Crippen molar-refractivity contribution in [2.75, 3.05) is 6.54 Å². The summed E-state index contributed by atoms with van der Waals surface area (Å²) in [6, 6.07) is 3.93. The molecule has 1 aliphatic heterocycles. The summed E-state index contributed by atoms with van der Waals surface area (Å²) in [4.78, 5) is 11.6. The Kier molecular flexibility index (Phi) is 4.36. The molecule has 7 heteroatoms. The Morgan fingerprint density at radius 3 is 2.75 bits per heavy atom. The van der Waals surface area contributed by atoms with Gasteiger partial charge in [-0.3, -0.25) is 4.79 Å². The first kappa shape index (κ1) is 15.3. The minimum absolute atomic E-state index is 0.137. The average Bonchev–Trinajstić information content (AvgIpc) is 2.41. The summed E-state index contributed by atoms with van der Waals surface area (Å²) >= 11 is 5.89. The van der Waals surface area contributed by atoms with Gasteiger partial charge in [-0.15, -0.1) is 0 Å². The van der Waals surface area contributed by atoms with Gasteiger partial charge in [0, 0.05) is 11.6 Å². The van der Waals surface area contributed by atoms with E-state index in [4.69, 9.17) is 17.3 Å². The van der Waals surface area contributed by atoms with Gasteiger partial charge in [0.25, 0.3) is 0 Å². The van der Waals surface area contributed by atoms with Gasteiger partial charge in [-0.2, -0.15) is 4.31 Å². The summed E-state index contributed by atoms with van der Waals surface area (Å²) in [6.45, 7) is 2.01. The molecule has 0 radical (unpaired) electrons. The first-order valence-electron chi connectivity index (χ1n) is 6.41. The number of halogens is 1. The van der Waals surface area contributed by atoms with E-state index >= 15 is 0 Å². The van der Waals surface area contributed by atoms with Crippen molar-refractivity contribution in [3.63, 3.8) is 0 Å². The molecule has 0 bridgehead atoms. The molecule has 110 valence electrons. The van der Waals surface area contributed by atoms with Gasteiger partial charge in [0.05, 0.1) is 4.90 Å². The van der Waals surface area contributed by atoms with Gasteiger partial charge in [0.15, 0.2) is 0 Å². The normalized spacial score (nSPS) is 20.8. The van der Waals surface area contributed by atoms with Crippen molar-refractivity contribution < 1.29 is 13.2 Å². The van der Waals surface area contributed by atoms with Crippen LogP contribution in [0.15, 0.2) is 23.1 Å². The number of amides is 1. The number of hydrogen-bond acceptors (Lipinski definition) is 3. The predicted molar refractivity (Wildman–Crippen MR) is 76.9 cm³/mol. The molecule has 0 aromatic heterocycles. The van der Waals surface area contributed by atoms with E-state index in [1.807, 2.05) is 0 Å². The lowest BCUT2D eigenvalue weighted by molar-refractivity contribution is -0.122. The Hall–Kier alpha value is -1.11. The number of nitrogens with two attached hydrogens (primary N) is 1. The zero-order valence-electron chi connectivity index (χ0n) is 11.2. The van der Waals surface area contributed by atoms with Crippen molar-refractivity contribution in [2.24, 2.45) is 5.73 Å². The SMILES string of the molecule is Cc1ccc(Cl)cc1S(=O)(=O)N1CCCCC1C(N)=O. The summed E-state index contributed by atoms with van der Waals surface area (Å²) in [7, 11) is -3.76. The molecule has 0 spiro atoms. The molecule has 1 atom stereocenters. The number of piperidine rings is 1. The maximum absolute atomic E-state index is 12.7. The molecule has 1 unspecified atom stereocenters. The van der Waals surface area contributed by atoms with Crippen LogP contribution in [-0.2, 0) is 14.8 Å². The van der Waals surface area contributed by atoms with Gasteiger partial charge >= 0.3 is 0 Å². The Balaban J connectivity index is 2.47. The van der Waals surface area contributed by atoms with Crippen LogP contribution in [0.4, 0.5) is 0 Å². The monoisotopic (exact) mass is 316 g/mol. The van der Waals surface area contributed by atoms with Crippen LogP contribution in [0.1, 0.15) is 24.8 Å². The average molecular weight is 317 g/mol. The molecular formula is C13H17ClN2O3S. The highest BCUT2D eigenvalue weighted by atomic mass is 35.5. The molecule has 20 heavy (non-hydrogen) atoms. The van der Waals surface area contributed by atoms with Crippen LogP contribution in [0.3, 0.4) is 0 Å². The summed E-state index contributed by atoms with van der Waals surface area (Å²) in [5.41, 5.74) is 5.93. The summed E-state index contributed by atoms with van der Waals surface area (Å²) in [6.07, 6.45) is 1.99. The maximum atomic E-state index is 12.7. The summed E-state index contributed by atoms with van der Waals surface area (Å²) in [5.74, 6) is -0.604. The van der Waals surface area contributed by atoms with Gasteiger partial charge in [0.2, 0.25) is 15.9 Å². The fourth-order valence-electron chi connectivity index (χ4n) is 2.46. The molecule has 5 nitrogen and oxygen atoms in total. The highest BCUT2D eigenvalue weighted by Gasteiger charge is 2.37. The van der Waals surface area contributed by atoms with Crippen LogP contribution in [0.5, 0.6) is 0 Å². The van der Waals surface area contributed by atoms with E-state index in [9.17, 15) is 13.2 Å². The second kappa shape index (κ2) is 5.71. The molecule has 1 amide bonds. The minimum Gasteiger partial charge on any atom is -0.368 e. The van der Waals surface area contributed by atoms with E-state index in [2.05, 4.69) is 0 Å². The molecule has 0 aliphatic carbocycles. The molecule has 1 aromatic rings. The number of carbonyl (C=O) groups excluding carboxylic acids is 1. The maximum Gasteiger partial charge on any atom is 0.244 e. The molecular weight excluding hydrogens is 300 g/mol. The molecule has 2 rings (SSSR count). The second-order valence-corrected chi connectivity index (χ2v) is 7.23. The number of carbonyl (C=O) groups is 1. The largest absolute Gasteiger partial charge is 0.368 e. The fourth-order valence-corrected chi connectivity index (χ4v) is 4.61. The minimum atomic E-state index is -3.76. The molecule has 1 fully saturated rings. The lowest BCUT2D eigenvalue weighted by Crippen LogP contribution is -2.50. The van der Waals surface area contributed by atoms with E-state index in [1.165, 1.54) is 10.4 Å². The number of sulfonamides is 1. The van der Waals surface area contributed by atoms with Crippen LogP contribution >= 0.6 is 11.6 Å². The van der Waals surface area contributed by atoms with Crippen molar-refractivity contribution in [1.82, 2.24) is 4.31 Å². The summed E-state index contributed by atoms with van der Waals surface area (Å²) < 4.78 is 26.7. The van der Waals surface area contributed by atoms with E-state index in [1.54, 1.807) is 19.1 Å². The van der Waals surface area contributed by atoms with Crippen LogP contribution in [0.2, 0.25) is 5.02 Å². The number of aryl methyl sites for hydroxylation is 1. The number of rotatable bonds is 3. The lowest BCUT2D eigenvalue weighted by Gasteiger charge is -2.32. The number of hydrogen-bond donors (Lipinski definition) is 1. The highest BCUT2D eigenvalue weighted by Crippen LogP contribution is 2.28. The van der Waals surface area contributed by atoms with Crippen molar-refractivity contribution in [2.45, 2.75) is 37.1 Å². The van der Waals surface area contributed by atoms with E-state index in [-0.39, 0.29) is 4.90 Å². The van der Waals surface area contributed by atoms with Crippen LogP contribution in [0.25, 0.3) is 0 Å². The van der Waals surface area contributed by atoms with Crippen LogP contribution < -0.4 is 5.73 Å². The molecule has 1 aliphatic rings. The van der Waals surface area contributed by atoms with E-state index in [0.717, 1.165) is 12.8 Å². The van der Waals surface area contributed by atoms with E-state index in [0.29, 0.717) is 23.6 Å². The molecule has 0 saturated carbocycles. The zero-order chi connectivity index (χ0) is 14.9. The Labute approximate surface area is 123 Å². The zero-order valence-corrected chi connectivity index (χ0v) is 12.7. The smallest absolute Gasteiger partial charge is 0.244 e. The van der Waals surface area contributed by atoms with Gasteiger partial charge in [-0.1, -0.05) is 24.1 Å². The second-order valence-electron chi connectivity index (χ2n) is 4.94. The Bertz CT molecular complexity index is 631. The Morgan fingerprint density at radius 1 is 1.40 bits per heavy atom. The van der Waals surface area contributed by atoms with Crippen molar-refractivity contribution in [3.8, 4) is 0 Å². The lowest BCUT2D eigenvalue weighted by atomic mass is 10.0. The van der Waals surface area contributed by atoms with Crippen LogP contribution in [0, 0.1) is 6.92 Å². The first-order valence-corrected chi connectivity index (χ1v) is 8.23. The summed E-state index contributed by atoms with van der Waals surface area (Å²) in [5, 5.41) is 0.349. The molecule has 1 saturated heterocycles. The highest BCUT2D eigenvalue weighted by molar-refractivity contribution is 7.89. The molecule has 2 N–H and O–H groups in total. The third-order valence-corrected chi connectivity index (χ3v) is 5.80. The van der Waals surface area contributed by atoms with Gasteiger partial charge in [-0.05, 0) is 37.5 Å². The van der Waals surface area contributed by atoms with Crippen molar-refractivity contribution >= 4 is 27.5 Å². The Morgan fingerprint density at radius 2 is 2.10 bits per heavy atom. The molecule has 1 aromatic carbocycles. The van der Waals surface area contributed by atoms with Crippen molar-refractivity contribution in [3.05, 3.63) is 28.8 Å². The van der Waals surface area contributed by atoms with Crippen molar-refractivity contribution in [1.29, 1.82) is 0 Å².